The van der Waals surface area contributed by atoms with Crippen molar-refractivity contribution in [3.05, 3.63) is 71.9 Å². The highest BCUT2D eigenvalue weighted by Crippen LogP contribution is 2.26. The smallest absolute Gasteiger partial charge is 0.243 e. The number of aryl methyl sites for hydroxylation is 1. The average Bonchev–Trinajstić information content (AvgIpc) is 3.17. The van der Waals surface area contributed by atoms with E-state index in [2.05, 4.69) is 5.32 Å². The first-order valence-corrected chi connectivity index (χ1v) is 12.4. The molecule has 0 saturated carbocycles. The number of sulfonamides is 1. The van der Waals surface area contributed by atoms with Crippen molar-refractivity contribution in [2.75, 3.05) is 11.9 Å². The Morgan fingerprint density at radius 3 is 2.21 bits per heavy atom. The van der Waals surface area contributed by atoms with Gasteiger partial charge in [-0.25, -0.2) is 13.1 Å². The first-order chi connectivity index (χ1) is 15.4. The summed E-state index contributed by atoms with van der Waals surface area (Å²) in [5.74, 6) is 0.0597. The molecule has 0 aliphatic carbocycles. The van der Waals surface area contributed by atoms with Crippen molar-refractivity contribution < 1.29 is 13.2 Å². The van der Waals surface area contributed by atoms with Crippen LogP contribution in [0.1, 0.15) is 45.9 Å². The van der Waals surface area contributed by atoms with Gasteiger partial charge in [-0.15, -0.1) is 0 Å². The maximum atomic E-state index is 13.2. The molecule has 1 aromatic heterocycles. The van der Waals surface area contributed by atoms with E-state index in [0.29, 0.717) is 5.82 Å². The highest BCUT2D eigenvalue weighted by Gasteiger charge is 2.30. The number of aromatic nitrogens is 2. The van der Waals surface area contributed by atoms with Crippen LogP contribution in [-0.4, -0.2) is 41.0 Å². The number of hydrogen-bond donors (Lipinski definition) is 1. The van der Waals surface area contributed by atoms with Crippen LogP contribution in [-0.2, 0) is 20.2 Å². The van der Waals surface area contributed by atoms with Crippen molar-refractivity contribution in [1.82, 2.24) is 14.1 Å². The molecule has 3 aromatic rings. The molecule has 0 unspecified atom stereocenters. The minimum Gasteiger partial charge on any atom is -0.309 e. The van der Waals surface area contributed by atoms with Gasteiger partial charge in [-0.3, -0.25) is 4.79 Å². The molecule has 0 fully saturated rings. The largest absolute Gasteiger partial charge is 0.309 e. The predicted molar refractivity (Wildman–Crippen MR) is 131 cm³/mol. The fourth-order valence-corrected chi connectivity index (χ4v) is 4.91. The van der Waals surface area contributed by atoms with Gasteiger partial charge in [0.1, 0.15) is 5.82 Å². The molecule has 7 nitrogen and oxygen atoms in total. The molecular weight excluding hydrogens is 436 g/mol. The third-order valence-electron chi connectivity index (χ3n) is 5.25. The van der Waals surface area contributed by atoms with Crippen molar-refractivity contribution in [3.63, 3.8) is 0 Å². The molecule has 0 spiro atoms. The molecule has 1 N–H and O–H groups in total. The summed E-state index contributed by atoms with van der Waals surface area (Å²) in [5.41, 5.74) is 2.36. The quantitative estimate of drug-likeness (QED) is 0.553. The Morgan fingerprint density at radius 2 is 1.67 bits per heavy atom. The first-order valence-electron chi connectivity index (χ1n) is 10.9. The summed E-state index contributed by atoms with van der Waals surface area (Å²) in [7, 11) is -3.83. The second-order valence-corrected chi connectivity index (χ2v) is 11.3. The van der Waals surface area contributed by atoms with Gasteiger partial charge in [-0.1, -0.05) is 56.7 Å². The topological polar surface area (TPSA) is 84.3 Å². The van der Waals surface area contributed by atoms with Gasteiger partial charge < -0.3 is 5.32 Å². The minimum absolute atomic E-state index is 0.166. The van der Waals surface area contributed by atoms with Crippen LogP contribution in [0.3, 0.4) is 0 Å². The van der Waals surface area contributed by atoms with Gasteiger partial charge in [-0.05, 0) is 45.0 Å². The van der Waals surface area contributed by atoms with Gasteiger partial charge in [0.15, 0.2) is 0 Å². The Labute approximate surface area is 196 Å². The lowest BCUT2D eigenvalue weighted by Crippen LogP contribution is -2.42. The lowest BCUT2D eigenvalue weighted by Gasteiger charge is -2.25. The summed E-state index contributed by atoms with van der Waals surface area (Å²) in [4.78, 5) is 13.2. The maximum absolute atomic E-state index is 13.2. The zero-order valence-electron chi connectivity index (χ0n) is 20.0. The number of para-hydroxylation sites is 1. The van der Waals surface area contributed by atoms with Crippen LogP contribution in [0.2, 0.25) is 0 Å². The number of nitrogens with zero attached hydrogens (tertiary/aromatic N) is 3. The molecule has 0 aliphatic rings. The van der Waals surface area contributed by atoms with Crippen molar-refractivity contribution in [3.8, 4) is 5.69 Å². The van der Waals surface area contributed by atoms with Gasteiger partial charge in [0.05, 0.1) is 22.8 Å². The van der Waals surface area contributed by atoms with Gasteiger partial charge in [0, 0.05) is 17.5 Å². The van der Waals surface area contributed by atoms with Crippen LogP contribution < -0.4 is 5.32 Å². The second kappa shape index (κ2) is 9.49. The van der Waals surface area contributed by atoms with Crippen LogP contribution >= 0.6 is 0 Å². The zero-order valence-corrected chi connectivity index (χ0v) is 20.8. The Kier molecular flexibility index (Phi) is 7.09. The number of hydrogen-bond acceptors (Lipinski definition) is 4. The van der Waals surface area contributed by atoms with Gasteiger partial charge >= 0.3 is 0 Å². The Balaban J connectivity index is 1.90. The number of rotatable bonds is 7. The molecule has 8 heteroatoms. The zero-order chi connectivity index (χ0) is 24.4. The first kappa shape index (κ1) is 24.7. The molecular formula is C25H32N4O3S. The number of nitrogens with one attached hydrogen (secondary N) is 1. The molecule has 3 rings (SSSR count). The number of anilines is 1. The number of benzene rings is 2. The van der Waals surface area contributed by atoms with E-state index in [1.54, 1.807) is 42.8 Å². The minimum atomic E-state index is -3.83. The fourth-order valence-electron chi connectivity index (χ4n) is 3.32. The standard InChI is InChI=1S/C25H32N4O3S/c1-18(2)28(33(31,32)21-14-12-19(3)13-15-21)17-24(30)26-23-16-22(25(4,5)6)27-29(23)20-10-8-7-9-11-20/h7-16,18H,17H2,1-6H3,(H,26,30). The van der Waals surface area contributed by atoms with Crippen LogP contribution in [0.4, 0.5) is 5.82 Å². The van der Waals surface area contributed by atoms with Crippen molar-refractivity contribution in [2.24, 2.45) is 0 Å². The lowest BCUT2D eigenvalue weighted by molar-refractivity contribution is -0.116. The highest BCUT2D eigenvalue weighted by atomic mass is 32.2. The summed E-state index contributed by atoms with van der Waals surface area (Å²) < 4.78 is 29.3. The summed E-state index contributed by atoms with van der Waals surface area (Å²) in [6.07, 6.45) is 0. The fraction of sp³-hybridized carbons (Fsp3) is 0.360. The molecule has 1 heterocycles. The van der Waals surface area contributed by atoms with Gasteiger partial charge in [0.25, 0.3) is 0 Å². The molecule has 0 bridgehead atoms. The summed E-state index contributed by atoms with van der Waals surface area (Å²) in [6, 6.07) is 17.6. The molecule has 0 radical (unpaired) electrons. The molecule has 33 heavy (non-hydrogen) atoms. The molecule has 0 saturated heterocycles. The monoisotopic (exact) mass is 468 g/mol. The van der Waals surface area contributed by atoms with Gasteiger partial charge in [-0.2, -0.15) is 9.40 Å². The van der Waals surface area contributed by atoms with E-state index in [-0.39, 0.29) is 16.9 Å². The lowest BCUT2D eigenvalue weighted by atomic mass is 9.92. The van der Waals surface area contributed by atoms with Crippen LogP contribution in [0, 0.1) is 6.92 Å². The van der Waals surface area contributed by atoms with Crippen LogP contribution in [0.25, 0.3) is 5.69 Å². The van der Waals surface area contributed by atoms with E-state index in [4.69, 9.17) is 5.10 Å². The second-order valence-electron chi connectivity index (χ2n) is 9.42. The predicted octanol–water partition coefficient (Wildman–Crippen LogP) is 4.52. The normalized spacial score (nSPS) is 12.4. The summed E-state index contributed by atoms with van der Waals surface area (Å²) in [5, 5.41) is 7.57. The number of carbonyl (C=O) groups is 1. The molecule has 176 valence electrons. The molecule has 0 aliphatic heterocycles. The van der Waals surface area contributed by atoms with Crippen LogP contribution in [0.5, 0.6) is 0 Å². The van der Waals surface area contributed by atoms with Crippen molar-refractivity contribution in [1.29, 1.82) is 0 Å². The molecule has 0 atom stereocenters. The number of amides is 1. The number of carbonyl (C=O) groups excluding carboxylic acids is 1. The highest BCUT2D eigenvalue weighted by molar-refractivity contribution is 7.89. The van der Waals surface area contributed by atoms with Crippen molar-refractivity contribution >= 4 is 21.7 Å². The maximum Gasteiger partial charge on any atom is 0.243 e. The third-order valence-corrected chi connectivity index (χ3v) is 7.29. The van der Waals surface area contributed by atoms with Crippen LogP contribution in [0.15, 0.2) is 65.6 Å². The van der Waals surface area contributed by atoms with E-state index in [1.165, 1.54) is 4.31 Å². The Hall–Kier alpha value is -2.97. The molecule has 1 amide bonds. The average molecular weight is 469 g/mol. The van der Waals surface area contributed by atoms with E-state index in [9.17, 15) is 13.2 Å². The molecule has 2 aromatic carbocycles. The van der Waals surface area contributed by atoms with Gasteiger partial charge in [0.2, 0.25) is 15.9 Å². The third kappa shape index (κ3) is 5.69. The van der Waals surface area contributed by atoms with E-state index < -0.39 is 22.0 Å². The SMILES string of the molecule is Cc1ccc(S(=O)(=O)N(CC(=O)Nc2cc(C(C)(C)C)nn2-c2ccccc2)C(C)C)cc1. The van der Waals surface area contributed by atoms with E-state index in [0.717, 1.165) is 16.9 Å². The Bertz CT molecular complexity index is 1210. The van der Waals surface area contributed by atoms with Crippen molar-refractivity contribution in [2.45, 2.75) is 57.9 Å². The Morgan fingerprint density at radius 1 is 1.06 bits per heavy atom. The van der Waals surface area contributed by atoms with E-state index in [1.807, 2.05) is 64.1 Å². The summed E-state index contributed by atoms with van der Waals surface area (Å²) in [6.45, 7) is 11.2. The van der Waals surface area contributed by atoms with E-state index >= 15 is 0 Å². The summed E-state index contributed by atoms with van der Waals surface area (Å²) >= 11 is 0.